The highest BCUT2D eigenvalue weighted by molar-refractivity contribution is 5.87. The Hall–Kier alpha value is -2.89. The number of pyridine rings is 1. The molecule has 0 aliphatic carbocycles. The second-order valence-corrected chi connectivity index (χ2v) is 6.03. The number of hydrogen-bond acceptors (Lipinski definition) is 4. The van der Waals surface area contributed by atoms with Gasteiger partial charge in [-0.3, -0.25) is 5.32 Å². The number of carbonyl (C=O) groups is 1. The van der Waals surface area contributed by atoms with Crippen molar-refractivity contribution >= 4 is 22.9 Å². The third-order valence-electron chi connectivity index (χ3n) is 3.86. The molecule has 0 aliphatic rings. The van der Waals surface area contributed by atoms with E-state index < -0.39 is 6.09 Å². The largest absolute Gasteiger partial charge is 0.446 e. The molecule has 1 amide bonds. The van der Waals surface area contributed by atoms with Crippen LogP contribution in [0.15, 0.2) is 42.6 Å². The average Bonchev–Trinajstić information content (AvgIpc) is 2.98. The van der Waals surface area contributed by atoms with Crippen molar-refractivity contribution in [1.82, 2.24) is 15.0 Å². The van der Waals surface area contributed by atoms with Crippen molar-refractivity contribution < 1.29 is 9.53 Å². The fourth-order valence-corrected chi connectivity index (χ4v) is 2.15. The second-order valence-electron chi connectivity index (χ2n) is 6.03. The number of imidazole rings is 1. The predicted octanol–water partition coefficient (Wildman–Crippen LogP) is 4.22. The fourth-order valence-electron chi connectivity index (χ4n) is 2.15. The van der Waals surface area contributed by atoms with Gasteiger partial charge in [0.2, 0.25) is 0 Å². The average molecular weight is 324 g/mol. The molecule has 0 bridgehead atoms. The van der Waals surface area contributed by atoms with Crippen LogP contribution >= 0.6 is 0 Å². The van der Waals surface area contributed by atoms with Gasteiger partial charge in [0, 0.05) is 5.56 Å². The minimum Gasteiger partial charge on any atom is -0.446 e. The zero-order valence-corrected chi connectivity index (χ0v) is 13.9. The molecule has 6 heteroatoms. The number of benzene rings is 1. The molecule has 0 radical (unpaired) electrons. The summed E-state index contributed by atoms with van der Waals surface area (Å²) in [5, 5.41) is 2.70. The number of anilines is 1. The van der Waals surface area contributed by atoms with Gasteiger partial charge < -0.3 is 9.72 Å². The van der Waals surface area contributed by atoms with Gasteiger partial charge in [-0.2, -0.15) is 0 Å². The van der Waals surface area contributed by atoms with Crippen LogP contribution in [0, 0.1) is 5.92 Å². The van der Waals surface area contributed by atoms with E-state index in [2.05, 4.69) is 20.3 Å². The highest BCUT2D eigenvalue weighted by atomic mass is 16.6. The molecule has 124 valence electrons. The van der Waals surface area contributed by atoms with Crippen LogP contribution in [0.25, 0.3) is 22.6 Å². The van der Waals surface area contributed by atoms with Gasteiger partial charge >= 0.3 is 6.09 Å². The molecule has 0 aliphatic heterocycles. The van der Waals surface area contributed by atoms with Crippen molar-refractivity contribution in [3.63, 3.8) is 0 Å². The van der Waals surface area contributed by atoms with E-state index in [4.69, 9.17) is 4.74 Å². The first kappa shape index (κ1) is 16.0. The van der Waals surface area contributed by atoms with Crippen LogP contribution in [0.2, 0.25) is 0 Å². The summed E-state index contributed by atoms with van der Waals surface area (Å²) in [6.07, 6.45) is 0.929. The third kappa shape index (κ3) is 3.53. The Balaban J connectivity index is 1.78. The molecule has 0 spiro atoms. The summed E-state index contributed by atoms with van der Waals surface area (Å²) in [5.41, 5.74) is 2.90. The number of carbonyl (C=O) groups excluding carboxylic acids is 1. The third-order valence-corrected chi connectivity index (χ3v) is 3.86. The van der Waals surface area contributed by atoms with Gasteiger partial charge in [-0.25, -0.2) is 14.8 Å². The highest BCUT2D eigenvalue weighted by Gasteiger charge is 2.14. The highest BCUT2D eigenvalue weighted by Crippen LogP contribution is 2.21. The molecule has 1 aromatic carbocycles. The molecule has 0 fully saturated rings. The van der Waals surface area contributed by atoms with E-state index in [-0.39, 0.29) is 12.0 Å². The zero-order chi connectivity index (χ0) is 17.1. The van der Waals surface area contributed by atoms with Crippen molar-refractivity contribution in [2.24, 2.45) is 5.92 Å². The smallest absolute Gasteiger partial charge is 0.411 e. The molecule has 2 aromatic heterocycles. The molecule has 0 saturated heterocycles. The standard InChI is InChI=1S/C18H20N4O2/c1-11(2)12(3)24-18(23)20-14-9-15-17(19-10-14)22-16(21-15)13-7-5-4-6-8-13/h4-12H,1-3H3,(H,20,23)(H,19,21,22). The van der Waals surface area contributed by atoms with Crippen molar-refractivity contribution in [2.75, 3.05) is 5.32 Å². The van der Waals surface area contributed by atoms with Crippen LogP contribution in [-0.2, 0) is 4.74 Å². The lowest BCUT2D eigenvalue weighted by Gasteiger charge is -2.16. The second kappa shape index (κ2) is 6.70. The molecular formula is C18H20N4O2. The SMILES string of the molecule is CC(C)C(C)OC(=O)Nc1cnc2nc(-c3ccccc3)[nH]c2c1. The Morgan fingerprint density at radius 2 is 1.96 bits per heavy atom. The maximum atomic E-state index is 11.9. The fraction of sp³-hybridized carbons (Fsp3) is 0.278. The monoisotopic (exact) mass is 324 g/mol. The van der Waals surface area contributed by atoms with Gasteiger partial charge in [-0.15, -0.1) is 0 Å². The number of amides is 1. The summed E-state index contributed by atoms with van der Waals surface area (Å²) >= 11 is 0. The molecule has 2 heterocycles. The molecule has 2 N–H and O–H groups in total. The Morgan fingerprint density at radius 1 is 1.21 bits per heavy atom. The molecule has 1 unspecified atom stereocenters. The number of H-pyrrole nitrogens is 1. The molecule has 0 saturated carbocycles. The number of hydrogen-bond donors (Lipinski definition) is 2. The number of rotatable bonds is 4. The summed E-state index contributed by atoms with van der Waals surface area (Å²) in [6.45, 7) is 5.87. The van der Waals surface area contributed by atoms with Crippen LogP contribution in [0.4, 0.5) is 10.5 Å². The van der Waals surface area contributed by atoms with Crippen molar-refractivity contribution in [2.45, 2.75) is 26.9 Å². The lowest BCUT2D eigenvalue weighted by molar-refractivity contribution is 0.0940. The number of fused-ring (bicyclic) bond motifs is 1. The lowest BCUT2D eigenvalue weighted by atomic mass is 10.1. The Kier molecular flexibility index (Phi) is 4.46. The van der Waals surface area contributed by atoms with Crippen LogP contribution < -0.4 is 5.32 Å². The van der Waals surface area contributed by atoms with E-state index in [0.717, 1.165) is 16.9 Å². The number of aromatic amines is 1. The normalized spacial score (nSPS) is 12.3. The van der Waals surface area contributed by atoms with E-state index in [9.17, 15) is 4.79 Å². The lowest BCUT2D eigenvalue weighted by Crippen LogP contribution is -2.23. The number of aromatic nitrogens is 3. The van der Waals surface area contributed by atoms with E-state index in [1.54, 1.807) is 12.3 Å². The van der Waals surface area contributed by atoms with Crippen LogP contribution in [0.3, 0.4) is 0 Å². The number of nitrogens with one attached hydrogen (secondary N) is 2. The molecule has 3 rings (SSSR count). The first-order valence-corrected chi connectivity index (χ1v) is 7.92. The molecule has 3 aromatic rings. The van der Waals surface area contributed by atoms with E-state index >= 15 is 0 Å². The molecule has 1 atom stereocenters. The van der Waals surface area contributed by atoms with Gasteiger partial charge in [0.05, 0.1) is 17.4 Å². The Labute approximate surface area is 140 Å². The summed E-state index contributed by atoms with van der Waals surface area (Å²) in [7, 11) is 0. The van der Waals surface area contributed by atoms with Crippen LogP contribution in [0.1, 0.15) is 20.8 Å². The van der Waals surface area contributed by atoms with E-state index in [1.807, 2.05) is 51.1 Å². The number of ether oxygens (including phenoxy) is 1. The number of nitrogens with zero attached hydrogens (tertiary/aromatic N) is 2. The van der Waals surface area contributed by atoms with E-state index in [0.29, 0.717) is 11.3 Å². The first-order valence-electron chi connectivity index (χ1n) is 7.92. The van der Waals surface area contributed by atoms with Crippen molar-refractivity contribution in [1.29, 1.82) is 0 Å². The topological polar surface area (TPSA) is 79.9 Å². The quantitative estimate of drug-likeness (QED) is 0.753. The van der Waals surface area contributed by atoms with Gasteiger partial charge in [-0.05, 0) is 18.9 Å². The van der Waals surface area contributed by atoms with Gasteiger partial charge in [0.25, 0.3) is 0 Å². The summed E-state index contributed by atoms with van der Waals surface area (Å²) in [4.78, 5) is 23.9. The Bertz CT molecular complexity index is 843. The summed E-state index contributed by atoms with van der Waals surface area (Å²) in [5.74, 6) is 1.00. The minimum atomic E-state index is -0.486. The van der Waals surface area contributed by atoms with Gasteiger partial charge in [-0.1, -0.05) is 44.2 Å². The minimum absolute atomic E-state index is 0.154. The van der Waals surface area contributed by atoms with Gasteiger partial charge in [0.15, 0.2) is 5.65 Å². The predicted molar refractivity (Wildman–Crippen MR) is 93.7 cm³/mol. The zero-order valence-electron chi connectivity index (χ0n) is 13.9. The molecular weight excluding hydrogens is 304 g/mol. The molecule has 6 nitrogen and oxygen atoms in total. The van der Waals surface area contributed by atoms with Crippen LogP contribution in [0.5, 0.6) is 0 Å². The van der Waals surface area contributed by atoms with Crippen molar-refractivity contribution in [3.8, 4) is 11.4 Å². The van der Waals surface area contributed by atoms with Crippen molar-refractivity contribution in [3.05, 3.63) is 42.6 Å². The first-order chi connectivity index (χ1) is 11.5. The summed E-state index contributed by atoms with van der Waals surface area (Å²) in [6, 6.07) is 11.6. The van der Waals surface area contributed by atoms with Crippen LogP contribution in [-0.4, -0.2) is 27.1 Å². The maximum Gasteiger partial charge on any atom is 0.411 e. The maximum absolute atomic E-state index is 11.9. The van der Waals surface area contributed by atoms with E-state index in [1.165, 1.54) is 0 Å². The Morgan fingerprint density at radius 3 is 2.67 bits per heavy atom. The van der Waals surface area contributed by atoms with Gasteiger partial charge in [0.1, 0.15) is 11.9 Å². The summed E-state index contributed by atoms with van der Waals surface area (Å²) < 4.78 is 5.30. The molecule has 24 heavy (non-hydrogen) atoms.